The van der Waals surface area contributed by atoms with Crippen LogP contribution in [0, 0.1) is 27.9 Å². The zero-order valence-electron chi connectivity index (χ0n) is 35.2. The largest absolute Gasteiger partial charge is 0.490 e. The first kappa shape index (κ1) is 46.1. The number of fused-ring (bicyclic) bond motifs is 2. The van der Waals surface area contributed by atoms with Gasteiger partial charge in [0, 0.05) is 62.9 Å². The van der Waals surface area contributed by atoms with Gasteiger partial charge in [-0.1, -0.05) is 42.8 Å². The van der Waals surface area contributed by atoms with Crippen LogP contribution < -0.4 is 14.8 Å². The van der Waals surface area contributed by atoms with Crippen molar-refractivity contribution in [2.24, 2.45) is 22.9 Å². The number of nitro groups is 1. The van der Waals surface area contributed by atoms with Crippen molar-refractivity contribution in [3.63, 3.8) is 0 Å². The first-order chi connectivity index (χ1) is 29.9. The van der Waals surface area contributed by atoms with Crippen LogP contribution in [0.2, 0.25) is 0 Å². The van der Waals surface area contributed by atoms with Gasteiger partial charge in [0.15, 0.2) is 0 Å². The highest BCUT2D eigenvalue weighted by Gasteiger charge is 2.65. The average Bonchev–Trinajstić information content (AvgIpc) is 3.26. The zero-order valence-corrected chi connectivity index (χ0v) is 36.0. The summed E-state index contributed by atoms with van der Waals surface area (Å²) in [7, 11) is -2.80. The van der Waals surface area contributed by atoms with Crippen LogP contribution in [0.1, 0.15) is 68.9 Å². The third kappa shape index (κ3) is 9.95. The maximum Gasteiger partial charge on any atom is 0.269 e. The number of unbranched alkanes of at least 4 members (excludes halogenated alkanes) is 2. The Kier molecular flexibility index (Phi) is 15.4. The van der Waals surface area contributed by atoms with Gasteiger partial charge in [0.05, 0.1) is 34.1 Å². The summed E-state index contributed by atoms with van der Waals surface area (Å²) in [6.45, 7) is 9.46. The Morgan fingerprint density at radius 3 is 2.35 bits per heavy atom. The number of nitro benzene ring substituents is 1. The number of ether oxygens (including phenoxy) is 3. The molecule has 2 aliphatic carbocycles. The summed E-state index contributed by atoms with van der Waals surface area (Å²) >= 11 is 0. The van der Waals surface area contributed by atoms with Gasteiger partial charge in [-0.05, 0) is 103 Å². The smallest absolute Gasteiger partial charge is 0.269 e. The number of allylic oxidation sites excluding steroid dienone is 1. The highest BCUT2D eigenvalue weighted by Crippen LogP contribution is 2.62. The number of nitrogens with one attached hydrogen (secondary N) is 1. The third-order valence-corrected chi connectivity index (χ3v) is 13.7. The molecule has 332 valence electrons. The fourth-order valence-electron chi connectivity index (χ4n) is 9.09. The summed E-state index contributed by atoms with van der Waals surface area (Å²) in [6, 6.07) is 16.4. The lowest BCUT2D eigenvalue weighted by Crippen LogP contribution is -2.69. The number of amides is 1. The van der Waals surface area contributed by atoms with Gasteiger partial charge in [0.25, 0.3) is 5.69 Å². The van der Waals surface area contributed by atoms with E-state index in [0.29, 0.717) is 47.7 Å². The number of sulfonamides is 1. The van der Waals surface area contributed by atoms with E-state index in [1.165, 1.54) is 54.7 Å². The Hall–Kier alpha value is -5.39. The Labute approximate surface area is 362 Å². The number of aliphatic hydroxyl groups excluding tert-OH is 2. The van der Waals surface area contributed by atoms with Crippen molar-refractivity contribution in [3.8, 4) is 11.5 Å². The van der Waals surface area contributed by atoms with Crippen LogP contribution in [-0.2, 0) is 31.0 Å². The van der Waals surface area contributed by atoms with E-state index in [0.717, 1.165) is 30.4 Å². The van der Waals surface area contributed by atoms with Gasteiger partial charge in [-0.15, -0.1) is 6.58 Å². The van der Waals surface area contributed by atoms with Crippen molar-refractivity contribution in [3.05, 3.63) is 125 Å². The molecule has 0 bridgehead atoms. The maximum absolute atomic E-state index is 14.8. The van der Waals surface area contributed by atoms with Crippen LogP contribution in [0.25, 0.3) is 0 Å². The molecule has 3 aliphatic rings. The van der Waals surface area contributed by atoms with E-state index in [1.54, 1.807) is 30.4 Å². The summed E-state index contributed by atoms with van der Waals surface area (Å²) in [6.07, 6.45) is 9.58. The number of carbonyl (C=O) groups is 1. The van der Waals surface area contributed by atoms with E-state index in [4.69, 9.17) is 24.2 Å². The number of hydrogen-bond acceptors (Lipinski definition) is 12. The number of oxime groups is 1. The number of likely N-dealkylation sites (N-methyl/N-ethyl adjacent to an activating group) is 1. The van der Waals surface area contributed by atoms with Crippen LogP contribution in [0.3, 0.4) is 0 Å². The Morgan fingerprint density at radius 2 is 1.71 bits per heavy atom. The monoisotopic (exact) mass is 872 g/mol. The minimum absolute atomic E-state index is 0.000561. The molecule has 6 atom stereocenters. The van der Waals surface area contributed by atoms with Crippen LogP contribution in [0.4, 0.5) is 11.4 Å². The molecule has 0 spiro atoms. The highest BCUT2D eigenvalue weighted by atomic mass is 32.2. The molecule has 1 saturated carbocycles. The average molecular weight is 873 g/mol. The summed E-state index contributed by atoms with van der Waals surface area (Å²) in [5.74, 6) is -1.91. The fraction of sp³-hybridized carbons (Fsp3) is 0.435. The molecule has 0 radical (unpaired) electrons. The second kappa shape index (κ2) is 20.7. The van der Waals surface area contributed by atoms with Crippen molar-refractivity contribution >= 4 is 33.0 Å². The summed E-state index contributed by atoms with van der Waals surface area (Å²) in [4.78, 5) is 28.6. The van der Waals surface area contributed by atoms with E-state index in [-0.39, 0.29) is 73.7 Å². The van der Waals surface area contributed by atoms with Crippen molar-refractivity contribution in [1.82, 2.24) is 4.31 Å². The number of carbonyl (C=O) groups excluding carboxylic acids is 1. The van der Waals surface area contributed by atoms with Gasteiger partial charge < -0.3 is 34.6 Å². The maximum atomic E-state index is 14.8. The van der Waals surface area contributed by atoms with E-state index in [2.05, 4.69) is 24.6 Å². The van der Waals surface area contributed by atoms with E-state index < -0.39 is 32.7 Å². The molecule has 62 heavy (non-hydrogen) atoms. The first-order valence-electron chi connectivity index (χ1n) is 20.9. The molecule has 0 unspecified atom stereocenters. The van der Waals surface area contributed by atoms with Gasteiger partial charge in [0.2, 0.25) is 21.7 Å². The summed E-state index contributed by atoms with van der Waals surface area (Å²) < 4.78 is 51.0. The molecule has 16 heteroatoms. The van der Waals surface area contributed by atoms with Crippen LogP contribution in [0.15, 0.2) is 114 Å². The Balaban J connectivity index is 1.56. The van der Waals surface area contributed by atoms with Gasteiger partial charge in [0.1, 0.15) is 24.7 Å². The molecule has 3 N–H and O–H groups in total. The van der Waals surface area contributed by atoms with E-state index >= 15 is 0 Å². The lowest BCUT2D eigenvalue weighted by atomic mass is 9.55. The number of anilines is 1. The molecular weight excluding hydrogens is 817 g/mol. The molecule has 15 nitrogen and oxygen atoms in total. The number of rotatable bonds is 22. The molecule has 3 aromatic carbocycles. The Morgan fingerprint density at radius 1 is 1.02 bits per heavy atom. The fourth-order valence-corrected chi connectivity index (χ4v) is 10.5. The molecule has 6 rings (SSSR count). The molecule has 1 fully saturated rings. The number of benzene rings is 3. The van der Waals surface area contributed by atoms with E-state index in [9.17, 15) is 33.5 Å². The number of aliphatic hydroxyl groups is 2. The quantitative estimate of drug-likeness (QED) is 0.0397. The minimum atomic E-state index is -4.29. The van der Waals surface area contributed by atoms with Crippen molar-refractivity contribution < 1.29 is 47.4 Å². The molecular formula is C46H56N4O11S. The van der Waals surface area contributed by atoms with Gasteiger partial charge >= 0.3 is 0 Å². The first-order valence-corrected chi connectivity index (χ1v) is 22.4. The van der Waals surface area contributed by atoms with Crippen molar-refractivity contribution in [1.29, 1.82) is 0 Å². The van der Waals surface area contributed by atoms with Gasteiger partial charge in [-0.2, -0.15) is 4.31 Å². The topological polar surface area (TPSA) is 199 Å². The lowest BCUT2D eigenvalue weighted by Gasteiger charge is -2.59. The van der Waals surface area contributed by atoms with E-state index in [1.807, 2.05) is 12.1 Å². The predicted molar refractivity (Wildman–Crippen MR) is 234 cm³/mol. The minimum Gasteiger partial charge on any atom is -0.490 e. The summed E-state index contributed by atoms with van der Waals surface area (Å²) in [5.41, 5.74) is 3.13. The van der Waals surface area contributed by atoms with Crippen LogP contribution >= 0.6 is 0 Å². The molecule has 1 amide bonds. The molecule has 1 aliphatic heterocycles. The normalized spacial score (nSPS) is 23.3. The zero-order chi connectivity index (χ0) is 44.4. The second-order valence-electron chi connectivity index (χ2n) is 15.8. The number of hydrogen-bond donors (Lipinski definition) is 3. The molecule has 0 saturated heterocycles. The van der Waals surface area contributed by atoms with Gasteiger partial charge in [-0.3, -0.25) is 14.9 Å². The van der Waals surface area contributed by atoms with Gasteiger partial charge in [-0.25, -0.2) is 8.42 Å². The highest BCUT2D eigenvalue weighted by molar-refractivity contribution is 7.89. The van der Waals surface area contributed by atoms with Crippen molar-refractivity contribution in [2.75, 3.05) is 38.8 Å². The lowest BCUT2D eigenvalue weighted by molar-refractivity contribution is -0.384. The number of nitrogens with zero attached hydrogens (tertiary/aromatic N) is 3. The van der Waals surface area contributed by atoms with Crippen LogP contribution in [0.5, 0.6) is 11.5 Å². The molecule has 1 heterocycles. The summed E-state index contributed by atoms with van der Waals surface area (Å²) in [5, 5.41) is 38.5. The third-order valence-electron chi connectivity index (χ3n) is 11.9. The van der Waals surface area contributed by atoms with Crippen LogP contribution in [-0.4, -0.2) is 84.8 Å². The molecule has 0 aromatic heterocycles. The Bertz CT molecular complexity index is 2250. The predicted octanol–water partition coefficient (Wildman–Crippen LogP) is 7.27. The molecule has 3 aromatic rings. The SMILES string of the molecule is C=CCOc1ccc2c(c1)[C@H]1[C@H](CCCCO)[C@@H](CCCCO)C=C3C(=NOCc4ccc([N+](=O)[O-])cc4)C[C@H](N(C)S(=O)(=O)c4ccc(NC(C)=O)cc4)[C@@](OCC=C)(O2)[C@H]31. The van der Waals surface area contributed by atoms with Crippen molar-refractivity contribution in [2.45, 2.75) is 81.1 Å². The second-order valence-corrected chi connectivity index (χ2v) is 17.8. The standard InChI is InChI=1S/C46H56N4O11S/c1-5-25-58-36-19-22-42-40(28-36)44-38(12-8-10-24-52)33(11-7-9-23-51)27-39-41(48-60-30-32-13-17-35(18-14-32)50(54)55)29-43(46(61-42,45(39)44)59-26-6-2)49(4)62(56,57)37-20-15-34(16-21-37)47-31(3)53/h5-6,13-22,27-28,33,38,43-45,51-52H,1-2,7-12,23-26,29-30H2,3-4H3,(H,47,53)/t33-,38+,43-,44+,45+,46+/m0/s1. The number of non-ortho nitro benzene ring substituents is 1.